The summed E-state index contributed by atoms with van der Waals surface area (Å²) in [7, 11) is 0. The molecular weight excluding hydrogens is 180 g/mol. The van der Waals surface area contributed by atoms with Crippen LogP contribution >= 0.6 is 24.1 Å². The molecule has 2 nitrogen and oxygen atoms in total. The molecule has 0 aromatic carbocycles. The van der Waals surface area contributed by atoms with Crippen LogP contribution in [0.15, 0.2) is 0 Å². The van der Waals surface area contributed by atoms with Gasteiger partial charge in [-0.15, -0.1) is 0 Å². The molecule has 0 aromatic rings. The fraction of sp³-hybridized carbons (Fsp3) is 1.00. The fourth-order valence-corrected chi connectivity index (χ4v) is 1.89. The highest BCUT2D eigenvalue weighted by molar-refractivity contribution is 8.08. The molecule has 11 heavy (non-hydrogen) atoms. The van der Waals surface area contributed by atoms with Crippen LogP contribution in [-0.4, -0.2) is 23.7 Å². The highest BCUT2D eigenvalue weighted by Gasteiger charge is 2.22. The lowest BCUT2D eigenvalue weighted by atomic mass is 10.4. The summed E-state index contributed by atoms with van der Waals surface area (Å²) >= 11 is 3.06. The third kappa shape index (κ3) is 4.95. The first-order chi connectivity index (χ1) is 5.33. The third-order valence-corrected chi connectivity index (χ3v) is 3.35. The standard InChI is InChI=1S/C7H14O2S2/c1-3-6(2)11-9-10-5-7-4-8-7/h6-7H,3-5H2,1-2H3. The third-order valence-electron chi connectivity index (χ3n) is 1.48. The first kappa shape index (κ1) is 9.71. The molecule has 1 aliphatic heterocycles. The average Bonchev–Trinajstić information content (AvgIpc) is 2.81. The summed E-state index contributed by atoms with van der Waals surface area (Å²) in [5.41, 5.74) is 0. The number of ether oxygens (including phenoxy) is 1. The SMILES string of the molecule is CCC(C)SOSCC1CO1. The van der Waals surface area contributed by atoms with Crippen molar-refractivity contribution in [2.75, 3.05) is 12.4 Å². The minimum atomic E-state index is 0.470. The molecule has 0 radical (unpaired) electrons. The van der Waals surface area contributed by atoms with Crippen molar-refractivity contribution in [1.29, 1.82) is 0 Å². The zero-order valence-electron chi connectivity index (χ0n) is 6.91. The topological polar surface area (TPSA) is 21.8 Å². The number of rotatable bonds is 6. The molecule has 0 N–H and O–H groups in total. The molecule has 4 heteroatoms. The van der Waals surface area contributed by atoms with Crippen LogP contribution in [0.3, 0.4) is 0 Å². The Bertz CT molecular complexity index is 107. The van der Waals surface area contributed by atoms with Crippen LogP contribution in [-0.2, 0) is 8.37 Å². The normalized spacial score (nSPS) is 25.1. The van der Waals surface area contributed by atoms with Gasteiger partial charge in [0.15, 0.2) is 0 Å². The molecular formula is C7H14O2S2. The Balaban J connectivity index is 1.79. The highest BCUT2D eigenvalue weighted by atomic mass is 32.2. The lowest BCUT2D eigenvalue weighted by molar-refractivity contribution is 0.425. The molecule has 0 spiro atoms. The smallest absolute Gasteiger partial charge is 0.0922 e. The van der Waals surface area contributed by atoms with Gasteiger partial charge in [0, 0.05) is 35.1 Å². The fourth-order valence-electron chi connectivity index (χ4n) is 0.431. The number of hydrogen-bond donors (Lipinski definition) is 0. The van der Waals surface area contributed by atoms with Gasteiger partial charge in [0.1, 0.15) is 0 Å². The predicted octanol–water partition coefficient (Wildman–Crippen LogP) is 2.50. The van der Waals surface area contributed by atoms with E-state index in [1.54, 1.807) is 12.0 Å². The van der Waals surface area contributed by atoms with Crippen molar-refractivity contribution in [2.45, 2.75) is 31.6 Å². The minimum Gasteiger partial charge on any atom is -0.372 e. The monoisotopic (exact) mass is 194 g/mol. The van der Waals surface area contributed by atoms with Gasteiger partial charge in [-0.05, 0) is 6.42 Å². The molecule has 0 bridgehead atoms. The van der Waals surface area contributed by atoms with E-state index in [9.17, 15) is 0 Å². The van der Waals surface area contributed by atoms with Crippen molar-refractivity contribution in [3.63, 3.8) is 0 Å². The summed E-state index contributed by atoms with van der Waals surface area (Å²) in [4.78, 5) is 0. The predicted molar refractivity (Wildman–Crippen MR) is 50.6 cm³/mol. The molecule has 66 valence electrons. The van der Waals surface area contributed by atoms with E-state index >= 15 is 0 Å². The van der Waals surface area contributed by atoms with E-state index in [0.717, 1.165) is 18.8 Å². The minimum absolute atomic E-state index is 0.470. The molecule has 0 aliphatic carbocycles. The second-order valence-corrected chi connectivity index (χ2v) is 4.73. The van der Waals surface area contributed by atoms with E-state index in [-0.39, 0.29) is 0 Å². The first-order valence-corrected chi connectivity index (χ1v) is 5.61. The van der Waals surface area contributed by atoms with Gasteiger partial charge in [-0.2, -0.15) is 0 Å². The van der Waals surface area contributed by atoms with Crippen LogP contribution in [0, 0.1) is 0 Å². The van der Waals surface area contributed by atoms with Crippen LogP contribution in [0.25, 0.3) is 0 Å². The van der Waals surface area contributed by atoms with Crippen molar-refractivity contribution >= 4 is 24.1 Å². The summed E-state index contributed by atoms with van der Waals surface area (Å²) in [6.45, 7) is 5.25. The van der Waals surface area contributed by atoms with Gasteiger partial charge in [-0.25, -0.2) is 3.63 Å². The molecule has 1 rings (SSSR count). The molecule has 2 atom stereocenters. The van der Waals surface area contributed by atoms with Crippen molar-refractivity contribution in [1.82, 2.24) is 0 Å². The van der Waals surface area contributed by atoms with Gasteiger partial charge in [0.2, 0.25) is 0 Å². The number of hydrogen-bond acceptors (Lipinski definition) is 4. The van der Waals surface area contributed by atoms with E-state index in [1.165, 1.54) is 12.0 Å². The zero-order chi connectivity index (χ0) is 8.10. The van der Waals surface area contributed by atoms with Crippen molar-refractivity contribution < 1.29 is 8.37 Å². The summed E-state index contributed by atoms with van der Waals surface area (Å²) in [5, 5.41) is 0.600. The second kappa shape index (κ2) is 5.30. The van der Waals surface area contributed by atoms with Gasteiger partial charge in [-0.3, -0.25) is 0 Å². The molecule has 1 fully saturated rings. The second-order valence-electron chi connectivity index (χ2n) is 2.62. The maximum Gasteiger partial charge on any atom is 0.0922 e. The van der Waals surface area contributed by atoms with E-state index in [4.69, 9.17) is 8.37 Å². The molecule has 0 saturated carbocycles. The molecule has 1 aliphatic rings. The lowest BCUT2D eigenvalue weighted by Crippen LogP contribution is -1.93. The van der Waals surface area contributed by atoms with E-state index in [2.05, 4.69) is 13.8 Å². The Morgan fingerprint density at radius 2 is 2.45 bits per heavy atom. The van der Waals surface area contributed by atoms with Gasteiger partial charge in [-0.1, -0.05) is 13.8 Å². The largest absolute Gasteiger partial charge is 0.372 e. The average molecular weight is 194 g/mol. The van der Waals surface area contributed by atoms with E-state index in [0.29, 0.717) is 11.4 Å². The zero-order valence-corrected chi connectivity index (χ0v) is 8.54. The van der Waals surface area contributed by atoms with Crippen LogP contribution < -0.4 is 0 Å². The summed E-state index contributed by atoms with van der Waals surface area (Å²) in [5.74, 6) is 0.976. The van der Waals surface area contributed by atoms with Crippen molar-refractivity contribution in [3.05, 3.63) is 0 Å². The van der Waals surface area contributed by atoms with Crippen LogP contribution in [0.5, 0.6) is 0 Å². The summed E-state index contributed by atoms with van der Waals surface area (Å²) in [6.07, 6.45) is 1.63. The lowest BCUT2D eigenvalue weighted by Gasteiger charge is -2.04. The van der Waals surface area contributed by atoms with E-state index < -0.39 is 0 Å². The Hall–Kier alpha value is 0.620. The first-order valence-electron chi connectivity index (χ1n) is 3.89. The van der Waals surface area contributed by atoms with Crippen molar-refractivity contribution in [3.8, 4) is 0 Å². The molecule has 1 saturated heterocycles. The number of epoxide rings is 1. The Labute approximate surface area is 76.8 Å². The van der Waals surface area contributed by atoms with Gasteiger partial charge in [0.05, 0.1) is 12.7 Å². The van der Waals surface area contributed by atoms with Gasteiger partial charge >= 0.3 is 0 Å². The molecule has 0 amide bonds. The molecule has 1 heterocycles. The van der Waals surface area contributed by atoms with Gasteiger partial charge in [0.25, 0.3) is 0 Å². The van der Waals surface area contributed by atoms with Crippen LogP contribution in [0.1, 0.15) is 20.3 Å². The van der Waals surface area contributed by atoms with Crippen LogP contribution in [0.4, 0.5) is 0 Å². The molecule has 0 aromatic heterocycles. The summed E-state index contributed by atoms with van der Waals surface area (Å²) in [6, 6.07) is 0. The highest BCUT2D eigenvalue weighted by Crippen LogP contribution is 2.24. The van der Waals surface area contributed by atoms with Crippen molar-refractivity contribution in [2.24, 2.45) is 0 Å². The quantitative estimate of drug-likeness (QED) is 0.368. The molecule has 2 unspecified atom stereocenters. The van der Waals surface area contributed by atoms with Crippen LogP contribution in [0.2, 0.25) is 0 Å². The van der Waals surface area contributed by atoms with E-state index in [1.807, 2.05) is 0 Å². The maximum absolute atomic E-state index is 5.29. The Kier molecular flexibility index (Phi) is 4.67. The summed E-state index contributed by atoms with van der Waals surface area (Å²) < 4.78 is 10.3. The Morgan fingerprint density at radius 1 is 1.73 bits per heavy atom. The van der Waals surface area contributed by atoms with Gasteiger partial charge < -0.3 is 4.74 Å². The maximum atomic E-state index is 5.29. The Morgan fingerprint density at radius 3 is 3.00 bits per heavy atom.